The summed E-state index contributed by atoms with van der Waals surface area (Å²) in [5, 5.41) is 8.67. The van der Waals surface area contributed by atoms with Gasteiger partial charge in [0.05, 0.1) is 7.11 Å². The number of hydrogen-bond acceptors (Lipinski definition) is 4. The number of carboxylic acids is 1. The maximum absolute atomic E-state index is 10.6. The van der Waals surface area contributed by atoms with Crippen molar-refractivity contribution in [1.82, 2.24) is 4.98 Å². The largest absolute Gasteiger partial charge is 0.481 e. The van der Waals surface area contributed by atoms with Gasteiger partial charge in [0, 0.05) is 11.8 Å². The first-order valence-corrected chi connectivity index (χ1v) is 4.53. The summed E-state index contributed by atoms with van der Waals surface area (Å²) in [5.41, 5.74) is 7.02. The first-order valence-electron chi connectivity index (χ1n) is 4.53. The molecule has 1 unspecified atom stereocenters. The van der Waals surface area contributed by atoms with Gasteiger partial charge in [0.15, 0.2) is 0 Å². The predicted octanol–water partition coefficient (Wildman–Crippen LogP) is 0.353. The van der Waals surface area contributed by atoms with Gasteiger partial charge in [-0.1, -0.05) is 0 Å². The molecule has 82 valence electrons. The van der Waals surface area contributed by atoms with E-state index in [9.17, 15) is 4.79 Å². The molecule has 0 radical (unpaired) electrons. The van der Waals surface area contributed by atoms with Gasteiger partial charge in [-0.25, -0.2) is 4.98 Å². The molecule has 1 atom stereocenters. The number of aryl methyl sites for hydroxylation is 1. The van der Waals surface area contributed by atoms with Gasteiger partial charge in [-0.2, -0.15) is 0 Å². The molecule has 0 aliphatic carbocycles. The van der Waals surface area contributed by atoms with E-state index in [1.54, 1.807) is 12.1 Å². The minimum atomic E-state index is -1.01. The number of hydrogen-bond donors (Lipinski definition) is 2. The van der Waals surface area contributed by atoms with E-state index in [1.165, 1.54) is 7.11 Å². The van der Waals surface area contributed by atoms with Crippen LogP contribution < -0.4 is 10.5 Å². The van der Waals surface area contributed by atoms with E-state index in [4.69, 9.17) is 15.6 Å². The highest BCUT2D eigenvalue weighted by Gasteiger charge is 2.13. The van der Waals surface area contributed by atoms with Gasteiger partial charge < -0.3 is 15.6 Å². The highest BCUT2D eigenvalue weighted by molar-refractivity contribution is 5.73. The monoisotopic (exact) mass is 210 g/mol. The fraction of sp³-hybridized carbons (Fsp3) is 0.400. The average Bonchev–Trinajstić information content (AvgIpc) is 2.16. The zero-order chi connectivity index (χ0) is 11.4. The predicted molar refractivity (Wildman–Crippen MR) is 54.8 cm³/mol. The third kappa shape index (κ3) is 3.21. The molecule has 0 aliphatic heterocycles. The zero-order valence-electron chi connectivity index (χ0n) is 8.73. The second kappa shape index (κ2) is 4.75. The highest BCUT2D eigenvalue weighted by atomic mass is 16.5. The summed E-state index contributed by atoms with van der Waals surface area (Å²) in [6.45, 7) is 1.82. The van der Waals surface area contributed by atoms with Crippen molar-refractivity contribution < 1.29 is 14.6 Å². The molecule has 0 spiro atoms. The van der Waals surface area contributed by atoms with Crippen molar-refractivity contribution in [1.29, 1.82) is 0 Å². The first-order chi connectivity index (χ1) is 7.02. The van der Waals surface area contributed by atoms with Crippen molar-refractivity contribution in [2.75, 3.05) is 7.11 Å². The Morgan fingerprint density at radius 1 is 1.67 bits per heavy atom. The van der Waals surface area contributed by atoms with Crippen LogP contribution in [0.5, 0.6) is 5.88 Å². The Morgan fingerprint density at radius 2 is 2.33 bits per heavy atom. The number of aromatic nitrogens is 1. The van der Waals surface area contributed by atoms with Crippen LogP contribution in [0.4, 0.5) is 0 Å². The summed E-state index contributed by atoms with van der Waals surface area (Å²) in [4.78, 5) is 14.7. The molecule has 1 aromatic heterocycles. The quantitative estimate of drug-likeness (QED) is 0.749. The molecule has 0 bridgehead atoms. The van der Waals surface area contributed by atoms with E-state index in [0.717, 1.165) is 11.3 Å². The van der Waals surface area contributed by atoms with E-state index < -0.39 is 12.0 Å². The number of carboxylic acid groups (broad SMARTS) is 1. The van der Waals surface area contributed by atoms with Crippen LogP contribution in [-0.4, -0.2) is 29.2 Å². The molecule has 0 saturated carbocycles. The summed E-state index contributed by atoms with van der Waals surface area (Å²) in [7, 11) is 1.52. The SMILES string of the molecule is COc1cc(CC(N)C(=O)O)cc(C)n1. The third-order valence-corrected chi connectivity index (χ3v) is 1.97. The normalized spacial score (nSPS) is 12.2. The van der Waals surface area contributed by atoms with Crippen molar-refractivity contribution in [3.05, 3.63) is 23.4 Å². The molecular formula is C10H14N2O3. The molecular weight excluding hydrogens is 196 g/mol. The fourth-order valence-electron chi connectivity index (χ4n) is 1.27. The zero-order valence-corrected chi connectivity index (χ0v) is 8.73. The summed E-state index contributed by atoms with van der Waals surface area (Å²) < 4.78 is 4.98. The van der Waals surface area contributed by atoms with Crippen LogP contribution >= 0.6 is 0 Å². The van der Waals surface area contributed by atoms with Gasteiger partial charge in [-0.3, -0.25) is 4.79 Å². The van der Waals surface area contributed by atoms with Crippen LogP contribution in [0.25, 0.3) is 0 Å². The summed E-state index contributed by atoms with van der Waals surface area (Å²) in [5.74, 6) is -0.536. The molecule has 0 aliphatic rings. The lowest BCUT2D eigenvalue weighted by atomic mass is 10.1. The Hall–Kier alpha value is -1.62. The van der Waals surface area contributed by atoms with Crippen molar-refractivity contribution in [2.45, 2.75) is 19.4 Å². The van der Waals surface area contributed by atoms with Crippen molar-refractivity contribution in [3.63, 3.8) is 0 Å². The number of aliphatic carboxylic acids is 1. The Kier molecular flexibility index (Phi) is 3.62. The molecule has 15 heavy (non-hydrogen) atoms. The summed E-state index contributed by atoms with van der Waals surface area (Å²) in [6.07, 6.45) is 0.273. The lowest BCUT2D eigenvalue weighted by Crippen LogP contribution is -2.32. The number of methoxy groups -OCH3 is 1. The summed E-state index contributed by atoms with van der Waals surface area (Å²) >= 11 is 0. The summed E-state index contributed by atoms with van der Waals surface area (Å²) in [6, 6.07) is 2.60. The second-order valence-corrected chi connectivity index (χ2v) is 3.31. The van der Waals surface area contributed by atoms with Crippen molar-refractivity contribution in [3.8, 4) is 5.88 Å². The molecule has 0 fully saturated rings. The maximum Gasteiger partial charge on any atom is 0.320 e. The fourth-order valence-corrected chi connectivity index (χ4v) is 1.27. The minimum absolute atomic E-state index is 0.273. The molecule has 5 heteroatoms. The van der Waals surface area contributed by atoms with Crippen LogP contribution in [0.1, 0.15) is 11.3 Å². The van der Waals surface area contributed by atoms with E-state index in [2.05, 4.69) is 4.98 Å². The van der Waals surface area contributed by atoms with Gasteiger partial charge in [0.2, 0.25) is 5.88 Å². The Labute approximate surface area is 87.9 Å². The van der Waals surface area contributed by atoms with Crippen LogP contribution in [-0.2, 0) is 11.2 Å². The van der Waals surface area contributed by atoms with Crippen LogP contribution in [0.2, 0.25) is 0 Å². The molecule has 0 amide bonds. The maximum atomic E-state index is 10.6. The van der Waals surface area contributed by atoms with E-state index >= 15 is 0 Å². The van der Waals surface area contributed by atoms with Crippen LogP contribution in [0.15, 0.2) is 12.1 Å². The number of ether oxygens (including phenoxy) is 1. The van der Waals surface area contributed by atoms with Gasteiger partial charge in [-0.05, 0) is 25.0 Å². The topological polar surface area (TPSA) is 85.4 Å². The van der Waals surface area contributed by atoms with Gasteiger partial charge in [0.25, 0.3) is 0 Å². The van der Waals surface area contributed by atoms with E-state index in [0.29, 0.717) is 5.88 Å². The Bertz CT molecular complexity index is 366. The number of rotatable bonds is 4. The lowest BCUT2D eigenvalue weighted by molar-refractivity contribution is -0.138. The number of nitrogens with two attached hydrogens (primary N) is 1. The standard InChI is InChI=1S/C10H14N2O3/c1-6-3-7(4-8(11)10(13)14)5-9(12-6)15-2/h3,5,8H,4,11H2,1-2H3,(H,13,14). The lowest BCUT2D eigenvalue weighted by Gasteiger charge is -2.08. The van der Waals surface area contributed by atoms with Crippen molar-refractivity contribution >= 4 is 5.97 Å². The van der Waals surface area contributed by atoms with Gasteiger partial charge in [-0.15, -0.1) is 0 Å². The van der Waals surface area contributed by atoms with Gasteiger partial charge in [0.1, 0.15) is 6.04 Å². The molecule has 0 aromatic carbocycles. The Balaban J connectivity index is 2.85. The first kappa shape index (κ1) is 11.5. The molecule has 1 aromatic rings. The molecule has 1 heterocycles. The minimum Gasteiger partial charge on any atom is -0.481 e. The van der Waals surface area contributed by atoms with E-state index in [1.807, 2.05) is 6.92 Å². The Morgan fingerprint density at radius 3 is 2.87 bits per heavy atom. The van der Waals surface area contributed by atoms with Crippen molar-refractivity contribution in [2.24, 2.45) is 5.73 Å². The molecule has 5 nitrogen and oxygen atoms in total. The van der Waals surface area contributed by atoms with Crippen LogP contribution in [0.3, 0.4) is 0 Å². The molecule has 1 rings (SSSR count). The number of pyridine rings is 1. The highest BCUT2D eigenvalue weighted by Crippen LogP contribution is 2.13. The molecule has 3 N–H and O–H groups in total. The third-order valence-electron chi connectivity index (χ3n) is 1.97. The van der Waals surface area contributed by atoms with Crippen LogP contribution in [0, 0.1) is 6.92 Å². The smallest absolute Gasteiger partial charge is 0.320 e. The number of nitrogens with zero attached hydrogens (tertiary/aromatic N) is 1. The second-order valence-electron chi connectivity index (χ2n) is 3.31. The molecule has 0 saturated heterocycles. The van der Waals surface area contributed by atoms with Gasteiger partial charge >= 0.3 is 5.97 Å². The number of carbonyl (C=O) groups is 1. The van der Waals surface area contributed by atoms with E-state index in [-0.39, 0.29) is 6.42 Å². The average molecular weight is 210 g/mol.